The molecule has 2 rings (SSSR count). The fourth-order valence-corrected chi connectivity index (χ4v) is 3.80. The van der Waals surface area contributed by atoms with Gasteiger partial charge in [-0.3, -0.25) is 0 Å². The van der Waals surface area contributed by atoms with E-state index in [1.54, 1.807) is 0 Å². The summed E-state index contributed by atoms with van der Waals surface area (Å²) in [4.78, 5) is 2.74. The summed E-state index contributed by atoms with van der Waals surface area (Å²) in [6.45, 7) is 7.46. The van der Waals surface area contributed by atoms with Crippen molar-refractivity contribution in [2.24, 2.45) is 5.92 Å². The van der Waals surface area contributed by atoms with Crippen molar-refractivity contribution in [2.45, 2.75) is 70.8 Å². The molecule has 18 heavy (non-hydrogen) atoms. The third-order valence-electron chi connectivity index (χ3n) is 4.89. The maximum Gasteiger partial charge on any atom is 0.00956 e. The molecular weight excluding hydrogens is 220 g/mol. The van der Waals surface area contributed by atoms with E-state index in [0.717, 1.165) is 18.5 Å². The number of rotatable bonds is 5. The molecule has 0 aromatic rings. The number of nitrogens with one attached hydrogen (secondary N) is 1. The summed E-state index contributed by atoms with van der Waals surface area (Å²) < 4.78 is 0. The Bertz CT molecular complexity index is 209. The zero-order chi connectivity index (χ0) is 12.6. The van der Waals surface area contributed by atoms with Crippen molar-refractivity contribution in [1.82, 2.24) is 10.2 Å². The van der Waals surface area contributed by atoms with Crippen molar-refractivity contribution in [3.8, 4) is 0 Å². The summed E-state index contributed by atoms with van der Waals surface area (Å²) in [7, 11) is 0. The average molecular weight is 252 g/mol. The van der Waals surface area contributed by atoms with Crippen molar-refractivity contribution < 1.29 is 0 Å². The molecule has 1 saturated carbocycles. The van der Waals surface area contributed by atoms with Gasteiger partial charge in [0.15, 0.2) is 0 Å². The van der Waals surface area contributed by atoms with Crippen molar-refractivity contribution >= 4 is 0 Å². The lowest BCUT2D eigenvalue weighted by atomic mass is 9.98. The Morgan fingerprint density at radius 2 is 1.67 bits per heavy atom. The fourth-order valence-electron chi connectivity index (χ4n) is 3.80. The van der Waals surface area contributed by atoms with Crippen LogP contribution >= 0.6 is 0 Å². The Labute approximate surface area is 114 Å². The number of hydrogen-bond acceptors (Lipinski definition) is 2. The molecule has 2 fully saturated rings. The van der Waals surface area contributed by atoms with Crippen LogP contribution in [0.2, 0.25) is 0 Å². The van der Waals surface area contributed by atoms with Crippen LogP contribution in [0.4, 0.5) is 0 Å². The van der Waals surface area contributed by atoms with Crippen LogP contribution in [0.25, 0.3) is 0 Å². The molecule has 1 heterocycles. The molecule has 0 aromatic carbocycles. The smallest absolute Gasteiger partial charge is 0.00956 e. The highest BCUT2D eigenvalue weighted by Gasteiger charge is 2.26. The predicted octanol–water partition coefficient (Wildman–Crippen LogP) is 3.42. The second-order valence-electron chi connectivity index (χ2n) is 6.25. The van der Waals surface area contributed by atoms with Crippen LogP contribution in [0.5, 0.6) is 0 Å². The van der Waals surface area contributed by atoms with Crippen LogP contribution in [0.3, 0.4) is 0 Å². The molecule has 1 saturated heterocycles. The molecule has 2 atom stereocenters. The molecule has 2 nitrogen and oxygen atoms in total. The zero-order valence-corrected chi connectivity index (χ0v) is 12.3. The minimum atomic E-state index is 0.824. The molecule has 0 spiro atoms. The first-order valence-corrected chi connectivity index (χ1v) is 8.36. The summed E-state index contributed by atoms with van der Waals surface area (Å²) in [5.41, 5.74) is 0. The van der Waals surface area contributed by atoms with Crippen LogP contribution in [0.1, 0.15) is 64.7 Å². The standard InChI is InChI=1S/C16H32N2/c1-2-17-16-10-8-9-15(16)11-14-18-12-6-4-3-5-7-13-18/h15-17H,2-14H2,1H3. The lowest BCUT2D eigenvalue weighted by Gasteiger charge is -2.27. The molecule has 1 aliphatic heterocycles. The molecular formula is C16H32N2. The first-order valence-electron chi connectivity index (χ1n) is 8.36. The van der Waals surface area contributed by atoms with Crippen molar-refractivity contribution in [2.75, 3.05) is 26.2 Å². The van der Waals surface area contributed by atoms with Gasteiger partial charge in [-0.15, -0.1) is 0 Å². The van der Waals surface area contributed by atoms with Gasteiger partial charge in [0, 0.05) is 6.04 Å². The molecule has 1 aliphatic carbocycles. The SMILES string of the molecule is CCNC1CCCC1CCN1CCCCCCC1. The van der Waals surface area contributed by atoms with Gasteiger partial charge in [0.2, 0.25) is 0 Å². The maximum atomic E-state index is 3.69. The van der Waals surface area contributed by atoms with Crippen LogP contribution in [-0.4, -0.2) is 37.1 Å². The molecule has 106 valence electrons. The monoisotopic (exact) mass is 252 g/mol. The summed E-state index contributed by atoms with van der Waals surface area (Å²) >= 11 is 0. The fraction of sp³-hybridized carbons (Fsp3) is 1.00. The second-order valence-corrected chi connectivity index (χ2v) is 6.25. The topological polar surface area (TPSA) is 15.3 Å². The minimum absolute atomic E-state index is 0.824. The van der Waals surface area contributed by atoms with E-state index in [1.165, 1.54) is 77.4 Å². The lowest BCUT2D eigenvalue weighted by molar-refractivity contribution is 0.222. The van der Waals surface area contributed by atoms with E-state index < -0.39 is 0 Å². The van der Waals surface area contributed by atoms with E-state index in [0.29, 0.717) is 0 Å². The molecule has 2 unspecified atom stereocenters. The summed E-state index contributed by atoms with van der Waals surface area (Å²) in [5, 5.41) is 3.69. The highest BCUT2D eigenvalue weighted by Crippen LogP contribution is 2.28. The van der Waals surface area contributed by atoms with Gasteiger partial charge in [0.25, 0.3) is 0 Å². The molecule has 0 aromatic heterocycles. The minimum Gasteiger partial charge on any atom is -0.314 e. The van der Waals surface area contributed by atoms with Crippen molar-refractivity contribution in [3.05, 3.63) is 0 Å². The molecule has 1 N–H and O–H groups in total. The van der Waals surface area contributed by atoms with E-state index in [1.807, 2.05) is 0 Å². The molecule has 0 amide bonds. The van der Waals surface area contributed by atoms with E-state index >= 15 is 0 Å². The number of nitrogens with zero attached hydrogens (tertiary/aromatic N) is 1. The van der Waals surface area contributed by atoms with E-state index in [-0.39, 0.29) is 0 Å². The first kappa shape index (κ1) is 14.3. The van der Waals surface area contributed by atoms with Gasteiger partial charge >= 0.3 is 0 Å². The van der Waals surface area contributed by atoms with E-state index in [2.05, 4.69) is 17.1 Å². The third-order valence-corrected chi connectivity index (χ3v) is 4.89. The Kier molecular flexibility index (Phi) is 6.50. The zero-order valence-electron chi connectivity index (χ0n) is 12.3. The van der Waals surface area contributed by atoms with Gasteiger partial charge < -0.3 is 10.2 Å². The third kappa shape index (κ3) is 4.55. The Morgan fingerprint density at radius 3 is 2.39 bits per heavy atom. The average Bonchev–Trinajstić information content (AvgIpc) is 2.76. The van der Waals surface area contributed by atoms with Crippen LogP contribution in [0.15, 0.2) is 0 Å². The van der Waals surface area contributed by atoms with Crippen LogP contribution < -0.4 is 5.32 Å². The van der Waals surface area contributed by atoms with E-state index in [9.17, 15) is 0 Å². The molecule has 2 aliphatic rings. The van der Waals surface area contributed by atoms with Crippen LogP contribution in [0, 0.1) is 5.92 Å². The van der Waals surface area contributed by atoms with Gasteiger partial charge in [0.05, 0.1) is 0 Å². The normalized spacial score (nSPS) is 31.2. The number of hydrogen-bond donors (Lipinski definition) is 1. The van der Waals surface area contributed by atoms with Gasteiger partial charge in [-0.05, 0) is 64.2 Å². The quantitative estimate of drug-likeness (QED) is 0.806. The molecule has 0 bridgehead atoms. The second kappa shape index (κ2) is 8.16. The number of likely N-dealkylation sites (tertiary alicyclic amines) is 1. The van der Waals surface area contributed by atoms with E-state index in [4.69, 9.17) is 0 Å². The summed E-state index contributed by atoms with van der Waals surface area (Å²) in [5.74, 6) is 0.954. The van der Waals surface area contributed by atoms with Gasteiger partial charge in [0.1, 0.15) is 0 Å². The van der Waals surface area contributed by atoms with Crippen molar-refractivity contribution in [3.63, 3.8) is 0 Å². The first-order chi connectivity index (χ1) is 8.90. The molecule has 2 heteroatoms. The Morgan fingerprint density at radius 1 is 0.944 bits per heavy atom. The highest BCUT2D eigenvalue weighted by molar-refractivity contribution is 4.83. The molecule has 0 radical (unpaired) electrons. The van der Waals surface area contributed by atoms with Crippen molar-refractivity contribution in [1.29, 1.82) is 0 Å². The summed E-state index contributed by atoms with van der Waals surface area (Å²) in [6.07, 6.45) is 13.0. The highest BCUT2D eigenvalue weighted by atomic mass is 15.1. The van der Waals surface area contributed by atoms with Gasteiger partial charge in [-0.2, -0.15) is 0 Å². The maximum absolute atomic E-state index is 3.69. The van der Waals surface area contributed by atoms with Gasteiger partial charge in [-0.1, -0.05) is 32.6 Å². The Hall–Kier alpha value is -0.0800. The van der Waals surface area contributed by atoms with Gasteiger partial charge in [-0.25, -0.2) is 0 Å². The lowest BCUT2D eigenvalue weighted by Crippen LogP contribution is -2.35. The Balaban J connectivity index is 1.68. The summed E-state index contributed by atoms with van der Waals surface area (Å²) in [6, 6.07) is 0.824. The van der Waals surface area contributed by atoms with Crippen LogP contribution in [-0.2, 0) is 0 Å². The largest absolute Gasteiger partial charge is 0.314 e. The predicted molar refractivity (Wildman–Crippen MR) is 78.9 cm³/mol.